The Morgan fingerprint density at radius 3 is 3.00 bits per heavy atom. The van der Waals surface area contributed by atoms with Crippen molar-refractivity contribution in [2.75, 3.05) is 26.7 Å². The van der Waals surface area contributed by atoms with Crippen molar-refractivity contribution < 1.29 is 9.53 Å². The minimum Gasteiger partial charge on any atom is -0.496 e. The smallest absolute Gasteiger partial charge is 0.258 e. The molecule has 1 saturated heterocycles. The van der Waals surface area contributed by atoms with Crippen LogP contribution in [0.4, 0.5) is 0 Å². The normalized spacial score (nSPS) is 19.7. The molecule has 1 heterocycles. The van der Waals surface area contributed by atoms with Crippen LogP contribution in [-0.2, 0) is 0 Å². The number of rotatable bonds is 2. The lowest BCUT2D eigenvalue weighted by molar-refractivity contribution is 0.0652. The van der Waals surface area contributed by atoms with E-state index in [-0.39, 0.29) is 11.9 Å². The largest absolute Gasteiger partial charge is 0.496 e. The molecular formula is C13H17ClN2O2. The second-order valence-corrected chi connectivity index (χ2v) is 4.83. The summed E-state index contributed by atoms with van der Waals surface area (Å²) in [4.78, 5) is 14.4. The number of hydrogen-bond donors (Lipinski definition) is 1. The van der Waals surface area contributed by atoms with Crippen molar-refractivity contribution in [1.29, 1.82) is 0 Å². The van der Waals surface area contributed by atoms with Gasteiger partial charge in [0.1, 0.15) is 5.75 Å². The molecule has 0 radical (unpaired) electrons. The van der Waals surface area contributed by atoms with Crippen LogP contribution in [-0.4, -0.2) is 43.6 Å². The summed E-state index contributed by atoms with van der Waals surface area (Å²) in [5.41, 5.74) is 0.527. The first-order valence-corrected chi connectivity index (χ1v) is 6.36. The van der Waals surface area contributed by atoms with Crippen molar-refractivity contribution >= 4 is 17.5 Å². The molecule has 1 aromatic rings. The molecular weight excluding hydrogens is 252 g/mol. The quantitative estimate of drug-likeness (QED) is 0.889. The molecule has 0 aromatic heterocycles. The van der Waals surface area contributed by atoms with Crippen molar-refractivity contribution in [3.63, 3.8) is 0 Å². The van der Waals surface area contributed by atoms with Crippen LogP contribution in [0.3, 0.4) is 0 Å². The average Bonchev–Trinajstić information content (AvgIpc) is 2.38. The molecule has 1 aliphatic rings. The van der Waals surface area contributed by atoms with Gasteiger partial charge in [0.15, 0.2) is 0 Å². The zero-order valence-electron chi connectivity index (χ0n) is 10.6. The van der Waals surface area contributed by atoms with Gasteiger partial charge in [-0.2, -0.15) is 0 Å². The Balaban J connectivity index is 2.29. The van der Waals surface area contributed by atoms with Crippen molar-refractivity contribution in [3.05, 3.63) is 28.8 Å². The molecule has 1 fully saturated rings. The predicted octanol–water partition coefficient (Wildman–Crippen LogP) is 1.78. The van der Waals surface area contributed by atoms with Crippen LogP contribution in [0, 0.1) is 0 Å². The van der Waals surface area contributed by atoms with Gasteiger partial charge >= 0.3 is 0 Å². The summed E-state index contributed by atoms with van der Waals surface area (Å²) < 4.78 is 5.23. The van der Waals surface area contributed by atoms with Crippen LogP contribution in [0.5, 0.6) is 5.75 Å². The molecule has 1 amide bonds. The number of carbonyl (C=O) groups is 1. The van der Waals surface area contributed by atoms with Crippen LogP contribution in [0.15, 0.2) is 18.2 Å². The number of hydrogen-bond acceptors (Lipinski definition) is 3. The first kappa shape index (κ1) is 13.2. The van der Waals surface area contributed by atoms with E-state index >= 15 is 0 Å². The Morgan fingerprint density at radius 2 is 2.33 bits per heavy atom. The molecule has 1 N–H and O–H groups in total. The lowest BCUT2D eigenvalue weighted by Gasteiger charge is -2.34. The monoisotopic (exact) mass is 268 g/mol. The van der Waals surface area contributed by atoms with E-state index in [1.807, 2.05) is 11.8 Å². The molecule has 18 heavy (non-hydrogen) atoms. The Kier molecular flexibility index (Phi) is 4.09. The lowest BCUT2D eigenvalue weighted by atomic mass is 10.1. The highest BCUT2D eigenvalue weighted by atomic mass is 35.5. The maximum atomic E-state index is 12.5. The van der Waals surface area contributed by atoms with Crippen molar-refractivity contribution in [2.24, 2.45) is 0 Å². The van der Waals surface area contributed by atoms with E-state index in [9.17, 15) is 4.79 Å². The summed E-state index contributed by atoms with van der Waals surface area (Å²) in [6.45, 7) is 4.37. The van der Waals surface area contributed by atoms with Gasteiger partial charge in [-0.25, -0.2) is 0 Å². The summed E-state index contributed by atoms with van der Waals surface area (Å²) >= 11 is 5.95. The zero-order valence-corrected chi connectivity index (χ0v) is 11.3. The first-order chi connectivity index (χ1) is 8.63. The fourth-order valence-corrected chi connectivity index (χ4v) is 2.32. The van der Waals surface area contributed by atoms with E-state index in [1.54, 1.807) is 25.3 Å². The van der Waals surface area contributed by atoms with Crippen LogP contribution in [0.2, 0.25) is 5.02 Å². The first-order valence-electron chi connectivity index (χ1n) is 5.98. The maximum Gasteiger partial charge on any atom is 0.258 e. The Bertz CT molecular complexity index is 451. The van der Waals surface area contributed by atoms with E-state index in [2.05, 4.69) is 5.32 Å². The van der Waals surface area contributed by atoms with E-state index < -0.39 is 0 Å². The number of nitrogens with one attached hydrogen (secondary N) is 1. The van der Waals surface area contributed by atoms with Gasteiger partial charge in [-0.3, -0.25) is 4.79 Å². The van der Waals surface area contributed by atoms with Gasteiger partial charge in [-0.05, 0) is 25.1 Å². The number of halogens is 1. The summed E-state index contributed by atoms with van der Waals surface area (Å²) in [5.74, 6) is 0.540. The molecule has 0 spiro atoms. The average molecular weight is 269 g/mol. The molecule has 1 atom stereocenters. The number of carbonyl (C=O) groups excluding carboxylic acids is 1. The number of amides is 1. The molecule has 0 bridgehead atoms. The topological polar surface area (TPSA) is 41.6 Å². The molecule has 5 heteroatoms. The van der Waals surface area contributed by atoms with E-state index in [0.717, 1.165) is 13.1 Å². The third-order valence-corrected chi connectivity index (χ3v) is 3.39. The Labute approximate surface area is 112 Å². The summed E-state index contributed by atoms with van der Waals surface area (Å²) in [6.07, 6.45) is 0. The van der Waals surface area contributed by atoms with Crippen LogP contribution in [0.25, 0.3) is 0 Å². The zero-order chi connectivity index (χ0) is 13.1. The molecule has 1 aliphatic heterocycles. The molecule has 2 rings (SSSR count). The highest BCUT2D eigenvalue weighted by molar-refractivity contribution is 6.31. The van der Waals surface area contributed by atoms with E-state index in [1.165, 1.54) is 0 Å². The SMILES string of the molecule is COc1ccc(Cl)cc1C(=O)N1CCNCC1C. The second-order valence-electron chi connectivity index (χ2n) is 4.40. The molecule has 1 aromatic carbocycles. The molecule has 0 saturated carbocycles. The molecule has 4 nitrogen and oxygen atoms in total. The summed E-state index contributed by atoms with van der Waals surface area (Å²) in [5, 5.41) is 3.80. The van der Waals surface area contributed by atoms with Gasteiger partial charge in [-0.15, -0.1) is 0 Å². The molecule has 0 aliphatic carbocycles. The van der Waals surface area contributed by atoms with Crippen LogP contribution < -0.4 is 10.1 Å². The standard InChI is InChI=1S/C13H17ClN2O2/c1-9-8-15-5-6-16(9)13(17)11-7-10(14)3-4-12(11)18-2/h3-4,7,9,15H,5-6,8H2,1-2H3. The third-order valence-electron chi connectivity index (χ3n) is 3.15. The number of nitrogens with zero attached hydrogens (tertiary/aromatic N) is 1. The molecule has 1 unspecified atom stereocenters. The summed E-state index contributed by atoms with van der Waals surface area (Å²) in [6, 6.07) is 5.29. The highest BCUT2D eigenvalue weighted by Gasteiger charge is 2.26. The fraction of sp³-hybridized carbons (Fsp3) is 0.462. The minimum atomic E-state index is -0.0247. The highest BCUT2D eigenvalue weighted by Crippen LogP contribution is 2.25. The van der Waals surface area contributed by atoms with E-state index in [0.29, 0.717) is 22.9 Å². The van der Waals surface area contributed by atoms with E-state index in [4.69, 9.17) is 16.3 Å². The van der Waals surface area contributed by atoms with Crippen molar-refractivity contribution in [2.45, 2.75) is 13.0 Å². The van der Waals surface area contributed by atoms with Gasteiger partial charge in [0.2, 0.25) is 0 Å². The number of benzene rings is 1. The Hall–Kier alpha value is -1.26. The van der Waals surface area contributed by atoms with Gasteiger partial charge < -0.3 is 15.0 Å². The number of piperazine rings is 1. The van der Waals surface area contributed by atoms with Crippen LogP contribution >= 0.6 is 11.6 Å². The maximum absolute atomic E-state index is 12.5. The van der Waals surface area contributed by atoms with Crippen molar-refractivity contribution in [3.8, 4) is 5.75 Å². The van der Waals surface area contributed by atoms with Gasteiger partial charge in [0.05, 0.1) is 12.7 Å². The van der Waals surface area contributed by atoms with Crippen LogP contribution in [0.1, 0.15) is 17.3 Å². The minimum absolute atomic E-state index is 0.0247. The molecule has 98 valence electrons. The number of methoxy groups -OCH3 is 1. The van der Waals surface area contributed by atoms with Gasteiger partial charge in [0.25, 0.3) is 5.91 Å². The summed E-state index contributed by atoms with van der Waals surface area (Å²) in [7, 11) is 1.56. The lowest BCUT2D eigenvalue weighted by Crippen LogP contribution is -2.52. The number of ether oxygens (including phenoxy) is 1. The Morgan fingerprint density at radius 1 is 1.56 bits per heavy atom. The third kappa shape index (κ3) is 2.60. The predicted molar refractivity (Wildman–Crippen MR) is 71.4 cm³/mol. The second kappa shape index (κ2) is 5.59. The van der Waals surface area contributed by atoms with Gasteiger partial charge in [-0.1, -0.05) is 11.6 Å². The van der Waals surface area contributed by atoms with Gasteiger partial charge in [0, 0.05) is 30.7 Å². The fourth-order valence-electron chi connectivity index (χ4n) is 2.14. The van der Waals surface area contributed by atoms with Crippen molar-refractivity contribution in [1.82, 2.24) is 10.2 Å².